The molecule has 1 aromatic carbocycles. The molecule has 8 heteroatoms. The number of hydrogen-bond acceptors (Lipinski definition) is 5. The van der Waals surface area contributed by atoms with Crippen LogP contribution in [0.4, 0.5) is 5.69 Å². The number of ether oxygens (including phenoxy) is 1. The van der Waals surface area contributed by atoms with Gasteiger partial charge in [-0.2, -0.15) is 5.23 Å². The lowest BCUT2D eigenvalue weighted by Crippen LogP contribution is -2.99. The van der Waals surface area contributed by atoms with Crippen LogP contribution in [0.1, 0.15) is 32.4 Å². The van der Waals surface area contributed by atoms with Crippen molar-refractivity contribution < 1.29 is 20.0 Å². The van der Waals surface area contributed by atoms with Gasteiger partial charge in [0.05, 0.1) is 17.7 Å². The van der Waals surface area contributed by atoms with Crippen LogP contribution >= 0.6 is 12.2 Å². The van der Waals surface area contributed by atoms with Crippen LogP contribution in [-0.2, 0) is 9.53 Å². The molecule has 23 heavy (non-hydrogen) atoms. The molecule has 1 heterocycles. The number of benzene rings is 1. The zero-order valence-corrected chi connectivity index (χ0v) is 13.9. The third-order valence-corrected chi connectivity index (χ3v) is 3.54. The van der Waals surface area contributed by atoms with Crippen molar-refractivity contribution >= 4 is 29.0 Å². The third kappa shape index (κ3) is 4.05. The summed E-state index contributed by atoms with van der Waals surface area (Å²) in [6, 6.07) is 5.81. The van der Waals surface area contributed by atoms with E-state index in [2.05, 4.69) is 10.6 Å². The SMILES string of the molecule is CC1=C(C(=O)OC(C)C)C(c2ccc([NH+]([O-])O)cc2)NC(=S)N1. The molecular formula is C15H19N3O4S. The summed E-state index contributed by atoms with van der Waals surface area (Å²) in [5, 5.41) is 25.3. The van der Waals surface area contributed by atoms with Gasteiger partial charge < -0.3 is 20.6 Å². The van der Waals surface area contributed by atoms with Crippen LogP contribution in [-0.4, -0.2) is 22.4 Å². The fourth-order valence-electron chi connectivity index (χ4n) is 2.31. The summed E-state index contributed by atoms with van der Waals surface area (Å²) in [7, 11) is 0. The van der Waals surface area contributed by atoms with Gasteiger partial charge in [-0.25, -0.2) is 10.0 Å². The first kappa shape index (κ1) is 17.4. The molecule has 7 nitrogen and oxygen atoms in total. The lowest BCUT2D eigenvalue weighted by molar-refractivity contribution is -0.991. The predicted octanol–water partition coefficient (Wildman–Crippen LogP) is 0.834. The number of hydrogen-bond donors (Lipinski definition) is 4. The molecule has 2 unspecified atom stereocenters. The topological polar surface area (TPSA) is 98.1 Å². The van der Waals surface area contributed by atoms with E-state index in [1.54, 1.807) is 32.9 Å². The van der Waals surface area contributed by atoms with E-state index in [4.69, 9.17) is 22.2 Å². The highest BCUT2D eigenvalue weighted by Crippen LogP contribution is 2.28. The Hall–Kier alpha value is -2.00. The normalized spacial score (nSPS) is 19.2. The van der Waals surface area contributed by atoms with E-state index in [1.807, 2.05) is 0 Å². The highest BCUT2D eigenvalue weighted by Gasteiger charge is 2.31. The van der Waals surface area contributed by atoms with Crippen LogP contribution in [0.3, 0.4) is 0 Å². The summed E-state index contributed by atoms with van der Waals surface area (Å²) >= 11 is 5.15. The van der Waals surface area contributed by atoms with Crippen LogP contribution in [0.25, 0.3) is 0 Å². The van der Waals surface area contributed by atoms with Crippen molar-refractivity contribution in [2.45, 2.75) is 32.9 Å². The van der Waals surface area contributed by atoms with Gasteiger partial charge in [0.25, 0.3) is 0 Å². The van der Waals surface area contributed by atoms with Gasteiger partial charge in [-0.3, -0.25) is 0 Å². The Balaban J connectivity index is 2.38. The van der Waals surface area contributed by atoms with Gasteiger partial charge in [0.15, 0.2) is 10.8 Å². The molecule has 1 aliphatic heterocycles. The van der Waals surface area contributed by atoms with Gasteiger partial charge in [-0.1, -0.05) is 12.1 Å². The lowest BCUT2D eigenvalue weighted by Gasteiger charge is -2.30. The molecule has 0 saturated heterocycles. The van der Waals surface area contributed by atoms with Crippen LogP contribution < -0.4 is 15.9 Å². The Morgan fingerprint density at radius 1 is 1.39 bits per heavy atom. The van der Waals surface area contributed by atoms with E-state index >= 15 is 0 Å². The van der Waals surface area contributed by atoms with E-state index in [-0.39, 0.29) is 11.8 Å². The van der Waals surface area contributed by atoms with E-state index in [1.165, 1.54) is 12.1 Å². The van der Waals surface area contributed by atoms with Crippen molar-refractivity contribution in [2.24, 2.45) is 0 Å². The van der Waals surface area contributed by atoms with Crippen molar-refractivity contribution in [3.63, 3.8) is 0 Å². The second kappa shape index (κ2) is 7.05. The standard InChI is InChI=1S/C15H19N3O4S/c1-8(2)22-14(19)12-9(3)16-15(23)17-13(12)10-4-6-11(7-5-10)18(20)21/h4-8,13,18,20H,1-3H3,(H2,16,17,23). The summed E-state index contributed by atoms with van der Waals surface area (Å²) in [6.07, 6.45) is -0.244. The number of rotatable bonds is 4. The Morgan fingerprint density at radius 2 is 2.00 bits per heavy atom. The van der Waals surface area contributed by atoms with Crippen molar-refractivity contribution in [1.82, 2.24) is 10.6 Å². The third-order valence-electron chi connectivity index (χ3n) is 3.32. The molecule has 0 saturated carbocycles. The van der Waals surface area contributed by atoms with E-state index in [9.17, 15) is 10.0 Å². The first-order valence-electron chi connectivity index (χ1n) is 7.12. The summed E-state index contributed by atoms with van der Waals surface area (Å²) in [4.78, 5) is 12.4. The molecule has 1 aromatic rings. The number of esters is 1. The molecule has 2 atom stereocenters. The van der Waals surface area contributed by atoms with E-state index < -0.39 is 17.2 Å². The minimum atomic E-state index is -1.00. The molecule has 4 N–H and O–H groups in total. The average Bonchev–Trinajstić information content (AvgIpc) is 2.45. The number of allylic oxidation sites excluding steroid dienone is 1. The maximum absolute atomic E-state index is 12.4. The van der Waals surface area contributed by atoms with Crippen molar-refractivity contribution in [3.8, 4) is 0 Å². The molecule has 0 amide bonds. The summed E-state index contributed by atoms with van der Waals surface area (Å²) in [5.74, 6) is -0.438. The van der Waals surface area contributed by atoms with Gasteiger partial charge >= 0.3 is 5.97 Å². The van der Waals surface area contributed by atoms with Crippen molar-refractivity contribution in [1.29, 1.82) is 0 Å². The Morgan fingerprint density at radius 3 is 2.52 bits per heavy atom. The van der Waals surface area contributed by atoms with Gasteiger partial charge in [0.2, 0.25) is 0 Å². The molecule has 0 aliphatic carbocycles. The summed E-state index contributed by atoms with van der Waals surface area (Å²) in [5.41, 5.74) is 1.95. The Kier molecular flexibility index (Phi) is 5.32. The van der Waals surface area contributed by atoms with Crippen molar-refractivity contribution in [2.75, 3.05) is 0 Å². The summed E-state index contributed by atoms with van der Waals surface area (Å²) in [6.45, 7) is 5.31. The van der Waals surface area contributed by atoms with E-state index in [0.29, 0.717) is 16.4 Å². The van der Waals surface area contributed by atoms with Crippen LogP contribution in [0.5, 0.6) is 0 Å². The second-order valence-corrected chi connectivity index (χ2v) is 5.86. The molecule has 124 valence electrons. The average molecular weight is 337 g/mol. The number of carbonyl (C=O) groups excluding carboxylic acids is 1. The van der Waals surface area contributed by atoms with Crippen molar-refractivity contribution in [3.05, 3.63) is 46.3 Å². The van der Waals surface area contributed by atoms with Crippen LogP contribution in [0.15, 0.2) is 35.5 Å². The fourth-order valence-corrected chi connectivity index (χ4v) is 2.58. The zero-order valence-electron chi connectivity index (χ0n) is 13.0. The Labute approximate surface area is 139 Å². The zero-order chi connectivity index (χ0) is 17.1. The van der Waals surface area contributed by atoms with Crippen LogP contribution in [0, 0.1) is 5.21 Å². The van der Waals surface area contributed by atoms with Gasteiger partial charge in [-0.05, 0) is 38.6 Å². The van der Waals surface area contributed by atoms with Gasteiger partial charge in [0, 0.05) is 17.8 Å². The predicted molar refractivity (Wildman–Crippen MR) is 87.8 cm³/mol. The van der Waals surface area contributed by atoms with Crippen LogP contribution in [0.2, 0.25) is 0 Å². The molecule has 1 aliphatic rings. The van der Waals surface area contributed by atoms with Gasteiger partial charge in [0.1, 0.15) is 0 Å². The molecular weight excluding hydrogens is 318 g/mol. The number of carbonyl (C=O) groups is 1. The molecule has 2 rings (SSSR count). The number of nitrogens with one attached hydrogen (secondary N) is 3. The lowest BCUT2D eigenvalue weighted by atomic mass is 9.95. The fraction of sp³-hybridized carbons (Fsp3) is 0.333. The minimum absolute atomic E-state index is 0.178. The highest BCUT2D eigenvalue weighted by molar-refractivity contribution is 7.80. The maximum atomic E-state index is 12.4. The van der Waals surface area contributed by atoms with Gasteiger partial charge in [-0.15, -0.1) is 0 Å². The maximum Gasteiger partial charge on any atom is 0.338 e. The molecule has 0 spiro atoms. The molecule has 0 aromatic heterocycles. The number of quaternary nitrogens is 1. The smallest absolute Gasteiger partial charge is 0.338 e. The largest absolute Gasteiger partial charge is 0.595 e. The first-order chi connectivity index (χ1) is 10.8. The molecule has 0 fully saturated rings. The number of thiocarbonyl (C=S) groups is 1. The second-order valence-electron chi connectivity index (χ2n) is 5.45. The molecule has 0 bridgehead atoms. The quantitative estimate of drug-likeness (QED) is 0.367. The van der Waals surface area contributed by atoms with E-state index in [0.717, 1.165) is 5.56 Å². The summed E-state index contributed by atoms with van der Waals surface area (Å²) < 4.78 is 5.29. The minimum Gasteiger partial charge on any atom is -0.595 e. The highest BCUT2D eigenvalue weighted by atomic mass is 32.1. The molecule has 0 radical (unpaired) electrons. The first-order valence-corrected chi connectivity index (χ1v) is 7.53. The monoisotopic (exact) mass is 337 g/mol. The Bertz CT molecular complexity index is 641.